The number of aromatic nitrogens is 2. The molecule has 0 N–H and O–H groups in total. The first-order chi connectivity index (χ1) is 6.75. The van der Waals surface area contributed by atoms with E-state index in [9.17, 15) is 0 Å². The van der Waals surface area contributed by atoms with E-state index in [0.717, 1.165) is 0 Å². The standard InChI is InChI=1S/C7H5Cl2N5/c8-6-5(2-1-3-13-14-10)7(9)12-4-11-6/h1-2,4H,3H2. The Bertz CT molecular complexity index is 377. The minimum absolute atomic E-state index is 0.234. The van der Waals surface area contributed by atoms with Gasteiger partial charge in [0.2, 0.25) is 0 Å². The third kappa shape index (κ3) is 2.88. The smallest absolute Gasteiger partial charge is 0.141 e. The van der Waals surface area contributed by atoms with Crippen molar-refractivity contribution in [2.24, 2.45) is 5.11 Å². The largest absolute Gasteiger partial charge is 0.224 e. The van der Waals surface area contributed by atoms with Crippen molar-refractivity contribution in [2.45, 2.75) is 0 Å². The normalized spacial score (nSPS) is 10.1. The van der Waals surface area contributed by atoms with Crippen molar-refractivity contribution in [3.8, 4) is 0 Å². The van der Waals surface area contributed by atoms with E-state index in [1.165, 1.54) is 6.33 Å². The lowest BCUT2D eigenvalue weighted by molar-refractivity contribution is 1.16. The molecule has 0 aliphatic rings. The molecule has 0 aromatic carbocycles. The maximum Gasteiger partial charge on any atom is 0.141 e. The third-order valence-corrected chi connectivity index (χ3v) is 1.92. The van der Waals surface area contributed by atoms with Gasteiger partial charge in [-0.25, -0.2) is 9.97 Å². The van der Waals surface area contributed by atoms with Crippen LogP contribution in [-0.4, -0.2) is 16.5 Å². The maximum atomic E-state index is 8.02. The second-order valence-electron chi connectivity index (χ2n) is 2.18. The zero-order valence-corrected chi connectivity index (χ0v) is 8.44. The Hall–Kier alpha value is -1.29. The Labute approximate surface area is 90.0 Å². The summed E-state index contributed by atoms with van der Waals surface area (Å²) in [6, 6.07) is 0. The predicted molar refractivity (Wildman–Crippen MR) is 55.1 cm³/mol. The van der Waals surface area contributed by atoms with Gasteiger partial charge in [-0.05, 0) is 5.53 Å². The van der Waals surface area contributed by atoms with Gasteiger partial charge in [0.05, 0.1) is 0 Å². The van der Waals surface area contributed by atoms with Crippen molar-refractivity contribution >= 4 is 29.3 Å². The zero-order valence-electron chi connectivity index (χ0n) is 6.93. The van der Waals surface area contributed by atoms with Gasteiger partial charge in [0.25, 0.3) is 0 Å². The Kier molecular flexibility index (Phi) is 4.19. The second-order valence-corrected chi connectivity index (χ2v) is 2.90. The van der Waals surface area contributed by atoms with Crippen LogP contribution in [0.3, 0.4) is 0 Å². The molecule has 0 amide bonds. The average Bonchev–Trinajstić information content (AvgIpc) is 2.16. The van der Waals surface area contributed by atoms with Crippen molar-refractivity contribution in [1.29, 1.82) is 0 Å². The summed E-state index contributed by atoms with van der Waals surface area (Å²) in [5.74, 6) is 0. The molecule has 1 aromatic heterocycles. The molecule has 0 fully saturated rings. The van der Waals surface area contributed by atoms with Gasteiger partial charge in [-0.3, -0.25) is 0 Å². The van der Waals surface area contributed by atoms with E-state index in [2.05, 4.69) is 20.0 Å². The van der Waals surface area contributed by atoms with Gasteiger partial charge in [-0.1, -0.05) is 40.5 Å². The Morgan fingerprint density at radius 2 is 2.07 bits per heavy atom. The van der Waals surface area contributed by atoms with Crippen molar-refractivity contribution in [3.63, 3.8) is 0 Å². The monoisotopic (exact) mass is 229 g/mol. The molecule has 1 rings (SSSR count). The molecule has 0 aliphatic carbocycles. The van der Waals surface area contributed by atoms with E-state index >= 15 is 0 Å². The van der Waals surface area contributed by atoms with Crippen molar-refractivity contribution < 1.29 is 0 Å². The quantitative estimate of drug-likeness (QED) is 0.346. The molecule has 0 radical (unpaired) electrons. The second kappa shape index (κ2) is 5.44. The number of hydrogen-bond acceptors (Lipinski definition) is 3. The molecule has 5 nitrogen and oxygen atoms in total. The van der Waals surface area contributed by atoms with Crippen molar-refractivity contribution in [3.05, 3.63) is 38.7 Å². The zero-order chi connectivity index (χ0) is 10.4. The van der Waals surface area contributed by atoms with Gasteiger partial charge in [-0.2, -0.15) is 0 Å². The number of halogens is 2. The number of rotatable bonds is 3. The summed E-state index contributed by atoms with van der Waals surface area (Å²) in [7, 11) is 0. The van der Waals surface area contributed by atoms with Crippen LogP contribution in [0, 0.1) is 0 Å². The summed E-state index contributed by atoms with van der Waals surface area (Å²) in [6.45, 7) is 0.234. The van der Waals surface area contributed by atoms with Gasteiger partial charge in [0.15, 0.2) is 0 Å². The summed E-state index contributed by atoms with van der Waals surface area (Å²) in [6.07, 6.45) is 4.50. The Morgan fingerprint density at radius 1 is 1.43 bits per heavy atom. The summed E-state index contributed by atoms with van der Waals surface area (Å²) in [5.41, 5.74) is 8.54. The van der Waals surface area contributed by atoms with Crippen LogP contribution in [-0.2, 0) is 0 Å². The first kappa shape index (κ1) is 10.8. The molecule has 1 heterocycles. The molecule has 0 spiro atoms. The van der Waals surface area contributed by atoms with Gasteiger partial charge in [-0.15, -0.1) is 0 Å². The maximum absolute atomic E-state index is 8.02. The lowest BCUT2D eigenvalue weighted by Crippen LogP contribution is -1.86. The predicted octanol–water partition coefficient (Wildman–Crippen LogP) is 3.11. The fraction of sp³-hybridized carbons (Fsp3) is 0.143. The molecule has 0 unspecified atom stereocenters. The van der Waals surface area contributed by atoms with Crippen LogP contribution in [0.1, 0.15) is 5.56 Å². The van der Waals surface area contributed by atoms with Crippen LogP contribution in [0.4, 0.5) is 0 Å². The third-order valence-electron chi connectivity index (χ3n) is 1.32. The Morgan fingerprint density at radius 3 is 2.64 bits per heavy atom. The van der Waals surface area contributed by atoms with Gasteiger partial charge >= 0.3 is 0 Å². The fourth-order valence-electron chi connectivity index (χ4n) is 0.746. The van der Waals surface area contributed by atoms with Crippen LogP contribution in [0.15, 0.2) is 17.5 Å². The molecule has 1 aromatic rings. The summed E-state index contributed by atoms with van der Waals surface area (Å²) in [4.78, 5) is 10.1. The van der Waals surface area contributed by atoms with Gasteiger partial charge in [0.1, 0.15) is 16.6 Å². The van der Waals surface area contributed by atoms with Crippen LogP contribution in [0.2, 0.25) is 10.3 Å². The molecular weight excluding hydrogens is 225 g/mol. The highest BCUT2D eigenvalue weighted by atomic mass is 35.5. The van der Waals surface area contributed by atoms with Crippen LogP contribution >= 0.6 is 23.2 Å². The van der Waals surface area contributed by atoms with E-state index in [1.807, 2.05) is 0 Å². The van der Waals surface area contributed by atoms with Crippen LogP contribution < -0.4 is 0 Å². The van der Waals surface area contributed by atoms with E-state index in [1.54, 1.807) is 12.2 Å². The minimum Gasteiger partial charge on any atom is -0.224 e. The average molecular weight is 230 g/mol. The molecule has 72 valence electrons. The Balaban J connectivity index is 2.85. The lowest BCUT2D eigenvalue weighted by atomic mass is 10.3. The number of hydrogen-bond donors (Lipinski definition) is 0. The first-order valence-electron chi connectivity index (χ1n) is 3.59. The lowest BCUT2D eigenvalue weighted by Gasteiger charge is -1.97. The van der Waals surface area contributed by atoms with Gasteiger partial charge in [0, 0.05) is 17.0 Å². The van der Waals surface area contributed by atoms with Crippen LogP contribution in [0.5, 0.6) is 0 Å². The van der Waals surface area contributed by atoms with E-state index in [0.29, 0.717) is 5.56 Å². The van der Waals surface area contributed by atoms with Gasteiger partial charge < -0.3 is 0 Å². The van der Waals surface area contributed by atoms with E-state index in [-0.39, 0.29) is 16.9 Å². The molecule has 0 aliphatic heterocycles. The molecule has 0 saturated heterocycles. The van der Waals surface area contributed by atoms with Crippen LogP contribution in [0.25, 0.3) is 16.5 Å². The summed E-state index contributed by atoms with van der Waals surface area (Å²) >= 11 is 11.5. The highest BCUT2D eigenvalue weighted by Gasteiger charge is 2.02. The first-order valence-corrected chi connectivity index (χ1v) is 4.34. The van der Waals surface area contributed by atoms with Crippen molar-refractivity contribution in [2.75, 3.05) is 6.54 Å². The molecular formula is C7H5Cl2N5. The molecule has 14 heavy (non-hydrogen) atoms. The molecule has 0 atom stereocenters. The molecule has 0 bridgehead atoms. The minimum atomic E-state index is 0.234. The molecule has 0 saturated carbocycles. The summed E-state index contributed by atoms with van der Waals surface area (Å²) < 4.78 is 0. The highest BCUT2D eigenvalue weighted by molar-refractivity contribution is 6.35. The van der Waals surface area contributed by atoms with E-state index < -0.39 is 0 Å². The van der Waals surface area contributed by atoms with Crippen molar-refractivity contribution in [1.82, 2.24) is 9.97 Å². The topological polar surface area (TPSA) is 74.5 Å². The molecule has 7 heteroatoms. The highest BCUT2D eigenvalue weighted by Crippen LogP contribution is 2.20. The van der Waals surface area contributed by atoms with E-state index in [4.69, 9.17) is 28.7 Å². The number of azide groups is 1. The fourth-order valence-corrected chi connectivity index (χ4v) is 1.19. The SMILES string of the molecule is [N-]=[N+]=NCC=Cc1c(Cl)ncnc1Cl. The summed E-state index contributed by atoms with van der Waals surface area (Å²) in [5, 5.41) is 3.84. The number of nitrogens with zero attached hydrogens (tertiary/aromatic N) is 5.